The van der Waals surface area contributed by atoms with E-state index in [1.54, 1.807) is 24.3 Å². The van der Waals surface area contributed by atoms with Crippen molar-refractivity contribution >= 4 is 16.8 Å². The predicted molar refractivity (Wildman–Crippen MR) is 96.2 cm³/mol. The molecule has 1 aromatic heterocycles. The Morgan fingerprint density at radius 2 is 1.88 bits per heavy atom. The molecule has 1 unspecified atom stereocenters. The molecule has 128 valence electrons. The minimum atomic E-state index is -0.319. The Labute approximate surface area is 145 Å². The SMILES string of the molecule is CCc1ccc(C(C)NC(=O)Cn2nnc3ccccc3c2=O)cc1. The van der Waals surface area contributed by atoms with Crippen LogP contribution >= 0.6 is 0 Å². The number of nitrogens with one attached hydrogen (secondary N) is 1. The number of benzene rings is 2. The fourth-order valence-corrected chi connectivity index (χ4v) is 2.68. The van der Waals surface area contributed by atoms with Gasteiger partial charge in [-0.1, -0.05) is 48.5 Å². The van der Waals surface area contributed by atoms with E-state index in [0.29, 0.717) is 10.9 Å². The number of aromatic nitrogens is 3. The van der Waals surface area contributed by atoms with Crippen molar-refractivity contribution < 1.29 is 4.79 Å². The molecule has 6 nitrogen and oxygen atoms in total. The van der Waals surface area contributed by atoms with Crippen molar-refractivity contribution in [3.63, 3.8) is 0 Å². The van der Waals surface area contributed by atoms with Crippen LogP contribution in [0.4, 0.5) is 0 Å². The summed E-state index contributed by atoms with van der Waals surface area (Å²) in [5, 5.41) is 11.2. The molecule has 3 rings (SSSR count). The third-order valence-electron chi connectivity index (χ3n) is 4.19. The highest BCUT2D eigenvalue weighted by Gasteiger charge is 2.13. The Bertz CT molecular complexity index is 948. The van der Waals surface area contributed by atoms with E-state index < -0.39 is 0 Å². The normalized spacial score (nSPS) is 12.1. The van der Waals surface area contributed by atoms with Gasteiger partial charge in [-0.2, -0.15) is 0 Å². The Balaban J connectivity index is 1.71. The number of rotatable bonds is 5. The van der Waals surface area contributed by atoms with Gasteiger partial charge in [0.1, 0.15) is 12.1 Å². The Morgan fingerprint density at radius 1 is 1.16 bits per heavy atom. The standard InChI is InChI=1S/C19H20N4O2/c1-3-14-8-10-15(11-9-14)13(2)20-18(24)12-23-19(25)16-6-4-5-7-17(16)21-22-23/h4-11,13H,3,12H2,1-2H3,(H,20,24). The van der Waals surface area contributed by atoms with E-state index in [0.717, 1.165) is 16.7 Å². The summed E-state index contributed by atoms with van der Waals surface area (Å²) in [6, 6.07) is 14.9. The highest BCUT2D eigenvalue weighted by molar-refractivity contribution is 5.78. The minimum Gasteiger partial charge on any atom is -0.348 e. The number of nitrogens with zero attached hydrogens (tertiary/aromatic N) is 3. The first-order chi connectivity index (χ1) is 12.1. The Morgan fingerprint density at radius 3 is 2.60 bits per heavy atom. The number of aryl methyl sites for hydroxylation is 1. The van der Waals surface area contributed by atoms with Gasteiger partial charge in [0.25, 0.3) is 5.56 Å². The number of hydrogen-bond acceptors (Lipinski definition) is 4. The molecule has 0 bridgehead atoms. The van der Waals surface area contributed by atoms with Crippen LogP contribution in [0.1, 0.15) is 31.0 Å². The molecule has 1 atom stereocenters. The molecule has 0 aliphatic carbocycles. The summed E-state index contributed by atoms with van der Waals surface area (Å²) in [7, 11) is 0. The first-order valence-corrected chi connectivity index (χ1v) is 8.29. The molecule has 2 aromatic carbocycles. The fourth-order valence-electron chi connectivity index (χ4n) is 2.68. The topological polar surface area (TPSA) is 76.9 Å². The van der Waals surface area contributed by atoms with Crippen LogP contribution in [0.25, 0.3) is 10.9 Å². The maximum absolute atomic E-state index is 12.4. The van der Waals surface area contributed by atoms with Gasteiger partial charge in [-0.15, -0.1) is 5.10 Å². The zero-order chi connectivity index (χ0) is 17.8. The minimum absolute atomic E-state index is 0.150. The van der Waals surface area contributed by atoms with Crippen molar-refractivity contribution in [2.24, 2.45) is 0 Å². The Kier molecular flexibility index (Phi) is 4.88. The summed E-state index contributed by atoms with van der Waals surface area (Å²) in [6.07, 6.45) is 0.977. The molecule has 0 radical (unpaired) electrons. The van der Waals surface area contributed by atoms with Gasteiger partial charge in [-0.05, 0) is 36.6 Å². The van der Waals surface area contributed by atoms with Crippen LogP contribution in [0.15, 0.2) is 53.3 Å². The van der Waals surface area contributed by atoms with E-state index in [2.05, 4.69) is 34.7 Å². The summed E-state index contributed by atoms with van der Waals surface area (Å²) in [6.45, 7) is 3.85. The van der Waals surface area contributed by atoms with E-state index in [1.165, 1.54) is 5.56 Å². The molecule has 0 aliphatic heterocycles. The zero-order valence-electron chi connectivity index (χ0n) is 14.3. The molecule has 1 amide bonds. The quantitative estimate of drug-likeness (QED) is 0.775. The predicted octanol–water partition coefficient (Wildman–Crippen LogP) is 2.23. The van der Waals surface area contributed by atoms with E-state index in [1.807, 2.05) is 19.1 Å². The van der Waals surface area contributed by atoms with Crippen LogP contribution in [0.2, 0.25) is 0 Å². The van der Waals surface area contributed by atoms with Gasteiger partial charge in [0.2, 0.25) is 5.91 Å². The van der Waals surface area contributed by atoms with E-state index in [9.17, 15) is 9.59 Å². The maximum Gasteiger partial charge on any atom is 0.278 e. The highest BCUT2D eigenvalue weighted by atomic mass is 16.2. The highest BCUT2D eigenvalue weighted by Crippen LogP contribution is 2.13. The van der Waals surface area contributed by atoms with Crippen LogP contribution in [0.5, 0.6) is 0 Å². The molecule has 0 spiro atoms. The molecule has 0 saturated heterocycles. The lowest BCUT2D eigenvalue weighted by Gasteiger charge is -2.15. The van der Waals surface area contributed by atoms with Crippen LogP contribution in [-0.2, 0) is 17.8 Å². The molecule has 0 aliphatic rings. The van der Waals surface area contributed by atoms with E-state index >= 15 is 0 Å². The summed E-state index contributed by atoms with van der Waals surface area (Å²) in [4.78, 5) is 24.6. The van der Waals surface area contributed by atoms with Gasteiger partial charge in [0, 0.05) is 0 Å². The molecule has 1 N–H and O–H groups in total. The first kappa shape index (κ1) is 16.8. The molecule has 0 saturated carbocycles. The van der Waals surface area contributed by atoms with Crippen molar-refractivity contribution in [3.8, 4) is 0 Å². The summed E-state index contributed by atoms with van der Waals surface area (Å²) >= 11 is 0. The van der Waals surface area contributed by atoms with Gasteiger partial charge in [0.05, 0.1) is 11.4 Å². The second-order valence-electron chi connectivity index (χ2n) is 5.95. The van der Waals surface area contributed by atoms with E-state index in [4.69, 9.17) is 0 Å². The van der Waals surface area contributed by atoms with Crippen LogP contribution in [-0.4, -0.2) is 20.9 Å². The molecule has 25 heavy (non-hydrogen) atoms. The number of fused-ring (bicyclic) bond motifs is 1. The average molecular weight is 336 g/mol. The summed E-state index contributed by atoms with van der Waals surface area (Å²) in [5.74, 6) is -0.279. The van der Waals surface area contributed by atoms with Crippen LogP contribution in [0.3, 0.4) is 0 Å². The molecular formula is C19H20N4O2. The van der Waals surface area contributed by atoms with Crippen molar-refractivity contribution in [2.75, 3.05) is 0 Å². The van der Waals surface area contributed by atoms with Gasteiger partial charge in [-0.25, -0.2) is 4.68 Å². The van der Waals surface area contributed by atoms with Crippen LogP contribution < -0.4 is 10.9 Å². The Hall–Kier alpha value is -3.02. The molecule has 6 heteroatoms. The molecule has 0 fully saturated rings. The molecule has 3 aromatic rings. The first-order valence-electron chi connectivity index (χ1n) is 8.29. The third kappa shape index (κ3) is 3.74. The maximum atomic E-state index is 12.4. The van der Waals surface area contributed by atoms with Crippen LogP contribution in [0, 0.1) is 0 Å². The molecular weight excluding hydrogens is 316 g/mol. The lowest BCUT2D eigenvalue weighted by atomic mass is 10.1. The van der Waals surface area contributed by atoms with Gasteiger partial charge < -0.3 is 5.32 Å². The monoisotopic (exact) mass is 336 g/mol. The summed E-state index contributed by atoms with van der Waals surface area (Å²) in [5.41, 5.74) is 2.47. The van der Waals surface area contributed by atoms with Crippen molar-refractivity contribution in [2.45, 2.75) is 32.9 Å². The number of hydrogen-bond donors (Lipinski definition) is 1. The van der Waals surface area contributed by atoms with Crippen molar-refractivity contribution in [1.29, 1.82) is 0 Å². The molecule has 1 heterocycles. The van der Waals surface area contributed by atoms with E-state index in [-0.39, 0.29) is 24.1 Å². The van der Waals surface area contributed by atoms with Gasteiger partial charge in [0.15, 0.2) is 0 Å². The average Bonchev–Trinajstić information content (AvgIpc) is 2.64. The smallest absolute Gasteiger partial charge is 0.278 e. The lowest BCUT2D eigenvalue weighted by molar-refractivity contribution is -0.122. The third-order valence-corrected chi connectivity index (χ3v) is 4.19. The lowest BCUT2D eigenvalue weighted by Crippen LogP contribution is -2.35. The number of carbonyl (C=O) groups is 1. The van der Waals surface area contributed by atoms with Gasteiger partial charge >= 0.3 is 0 Å². The zero-order valence-corrected chi connectivity index (χ0v) is 14.3. The second-order valence-corrected chi connectivity index (χ2v) is 5.95. The van der Waals surface area contributed by atoms with Gasteiger partial charge in [-0.3, -0.25) is 9.59 Å². The second kappa shape index (κ2) is 7.25. The number of amides is 1. The van der Waals surface area contributed by atoms with Crippen molar-refractivity contribution in [3.05, 3.63) is 70.0 Å². The summed E-state index contributed by atoms with van der Waals surface area (Å²) < 4.78 is 1.09. The number of carbonyl (C=O) groups excluding carboxylic acids is 1. The fraction of sp³-hybridized carbons (Fsp3) is 0.263. The largest absolute Gasteiger partial charge is 0.348 e. The van der Waals surface area contributed by atoms with Crippen molar-refractivity contribution in [1.82, 2.24) is 20.3 Å².